The van der Waals surface area contributed by atoms with Crippen molar-refractivity contribution in [3.8, 4) is 0 Å². The molecule has 0 aromatic heterocycles. The first-order chi connectivity index (χ1) is 19.9. The smallest absolute Gasteiger partial charge is 0.302 e. The Balaban J connectivity index is 1.35. The van der Waals surface area contributed by atoms with E-state index in [1.165, 1.54) is 18.9 Å². The van der Waals surface area contributed by atoms with E-state index in [0.29, 0.717) is 17.6 Å². The average Bonchev–Trinajstić information content (AvgIpc) is 2.92. The predicted octanol–water partition coefficient (Wildman–Crippen LogP) is 6.67. The van der Waals surface area contributed by atoms with E-state index in [2.05, 4.69) is 71.4 Å². The first kappa shape index (κ1) is 31.3. The van der Waals surface area contributed by atoms with Crippen molar-refractivity contribution >= 4 is 17.7 Å². The van der Waals surface area contributed by atoms with Crippen molar-refractivity contribution in [3.63, 3.8) is 0 Å². The predicted molar refractivity (Wildman–Crippen MR) is 169 cm³/mol. The number of amides is 1. The first-order valence-electron chi connectivity index (χ1n) is 17.3. The summed E-state index contributed by atoms with van der Waals surface area (Å²) in [7, 11) is 2.14. The Morgan fingerprint density at radius 2 is 1.51 bits per heavy atom. The number of likely N-dealkylation sites (N-methyl/N-ethyl adjacent to an activating group) is 1. The summed E-state index contributed by atoms with van der Waals surface area (Å²) in [6.45, 7) is 21.6. The number of hydrogen-bond acceptors (Lipinski definition) is 5. The second kappa shape index (κ2) is 9.90. The number of piperazine rings is 1. The van der Waals surface area contributed by atoms with Crippen molar-refractivity contribution in [2.75, 3.05) is 33.2 Å². The van der Waals surface area contributed by atoms with Gasteiger partial charge in [-0.2, -0.15) is 0 Å². The molecule has 1 aliphatic heterocycles. The lowest BCUT2D eigenvalue weighted by atomic mass is 9.33. The van der Waals surface area contributed by atoms with E-state index in [1.807, 2.05) is 0 Å². The number of ketones is 1. The van der Waals surface area contributed by atoms with E-state index in [0.717, 1.165) is 77.5 Å². The summed E-state index contributed by atoms with van der Waals surface area (Å²) in [5.74, 6) is 1.02. The fraction of sp³-hybridized carbons (Fsp3) is 0.865. The van der Waals surface area contributed by atoms with Gasteiger partial charge in [-0.05, 0) is 104 Å². The van der Waals surface area contributed by atoms with Crippen molar-refractivity contribution in [2.45, 2.75) is 119 Å². The van der Waals surface area contributed by atoms with Crippen molar-refractivity contribution < 1.29 is 19.1 Å². The molecule has 0 aromatic carbocycles. The molecule has 0 N–H and O–H groups in total. The fourth-order valence-electron chi connectivity index (χ4n) is 12.2. The Kier molecular flexibility index (Phi) is 7.21. The summed E-state index contributed by atoms with van der Waals surface area (Å²) in [5.41, 5.74) is 0.650. The average molecular weight is 595 g/mol. The third-order valence-electron chi connectivity index (χ3n) is 15.1. The van der Waals surface area contributed by atoms with E-state index >= 15 is 0 Å². The molecule has 240 valence electrons. The molecule has 9 atom stereocenters. The van der Waals surface area contributed by atoms with Crippen molar-refractivity contribution in [1.82, 2.24) is 9.80 Å². The molecule has 1 saturated heterocycles. The fourth-order valence-corrected chi connectivity index (χ4v) is 12.2. The van der Waals surface area contributed by atoms with Gasteiger partial charge < -0.3 is 14.5 Å². The van der Waals surface area contributed by atoms with Gasteiger partial charge >= 0.3 is 5.97 Å². The second-order valence-electron chi connectivity index (χ2n) is 17.8. The van der Waals surface area contributed by atoms with Crippen LogP contribution in [0.15, 0.2) is 11.6 Å². The van der Waals surface area contributed by atoms with Gasteiger partial charge in [0.25, 0.3) is 0 Å². The minimum Gasteiger partial charge on any atom is -0.462 e. The van der Waals surface area contributed by atoms with Gasteiger partial charge in [0.05, 0.1) is 0 Å². The Bertz CT molecular complexity index is 1230. The van der Waals surface area contributed by atoms with Crippen LogP contribution in [0.4, 0.5) is 0 Å². The maximum absolute atomic E-state index is 14.7. The zero-order valence-electron chi connectivity index (χ0n) is 28.6. The number of nitrogens with zero attached hydrogens (tertiary/aromatic N) is 2. The highest BCUT2D eigenvalue weighted by Crippen LogP contribution is 2.75. The molecular formula is C37H58N2O4. The van der Waals surface area contributed by atoms with E-state index in [-0.39, 0.29) is 56.4 Å². The van der Waals surface area contributed by atoms with Gasteiger partial charge in [0.2, 0.25) is 5.91 Å². The monoisotopic (exact) mass is 594 g/mol. The minimum absolute atomic E-state index is 0.0312. The summed E-state index contributed by atoms with van der Waals surface area (Å²) in [5, 5.41) is 0. The van der Waals surface area contributed by atoms with E-state index < -0.39 is 0 Å². The van der Waals surface area contributed by atoms with Gasteiger partial charge in [-0.1, -0.05) is 54.0 Å². The molecule has 9 unspecified atom stereocenters. The number of rotatable bonds is 2. The van der Waals surface area contributed by atoms with Crippen LogP contribution in [-0.2, 0) is 19.1 Å². The van der Waals surface area contributed by atoms with Gasteiger partial charge in [0.1, 0.15) is 6.10 Å². The number of allylic oxidation sites excluding steroid dienone is 2. The van der Waals surface area contributed by atoms with Crippen LogP contribution in [0, 0.1) is 50.2 Å². The third kappa shape index (κ3) is 4.37. The molecule has 5 aliphatic carbocycles. The maximum atomic E-state index is 14.7. The highest BCUT2D eigenvalue weighted by molar-refractivity contribution is 5.95. The second-order valence-corrected chi connectivity index (χ2v) is 17.8. The van der Waals surface area contributed by atoms with Crippen LogP contribution in [0.2, 0.25) is 0 Å². The number of carbonyl (C=O) groups is 3. The van der Waals surface area contributed by atoms with Crippen LogP contribution in [0.1, 0.15) is 113 Å². The summed E-state index contributed by atoms with van der Waals surface area (Å²) < 4.78 is 5.88. The van der Waals surface area contributed by atoms with Crippen LogP contribution >= 0.6 is 0 Å². The van der Waals surface area contributed by atoms with Crippen LogP contribution in [-0.4, -0.2) is 66.8 Å². The van der Waals surface area contributed by atoms with Gasteiger partial charge in [-0.15, -0.1) is 0 Å². The lowest BCUT2D eigenvalue weighted by Gasteiger charge is -2.70. The molecule has 6 aliphatic rings. The van der Waals surface area contributed by atoms with E-state index in [9.17, 15) is 14.4 Å². The number of ether oxygens (including phenoxy) is 1. The molecule has 0 spiro atoms. The highest BCUT2D eigenvalue weighted by atomic mass is 16.5. The molecule has 6 rings (SSSR count). The Morgan fingerprint density at radius 1 is 0.860 bits per heavy atom. The van der Waals surface area contributed by atoms with Gasteiger partial charge in [0, 0.05) is 49.9 Å². The molecule has 6 heteroatoms. The first-order valence-corrected chi connectivity index (χ1v) is 17.3. The molecule has 1 heterocycles. The lowest BCUT2D eigenvalue weighted by Crippen LogP contribution is -2.67. The zero-order chi connectivity index (χ0) is 31.4. The summed E-state index contributed by atoms with van der Waals surface area (Å²) in [6, 6.07) is 0. The SMILES string of the molecule is CC(=O)OC1CCC2(C)C(CCC3(C)C2C(=O)C=C2C4CC(C)(C(=O)N5CCN(C)CC5)CCC4(C)CCC23C)C1(C)C. The molecular weight excluding hydrogens is 536 g/mol. The van der Waals surface area contributed by atoms with Gasteiger partial charge in [-0.25, -0.2) is 0 Å². The van der Waals surface area contributed by atoms with Crippen molar-refractivity contribution in [1.29, 1.82) is 0 Å². The van der Waals surface area contributed by atoms with E-state index in [4.69, 9.17) is 4.74 Å². The summed E-state index contributed by atoms with van der Waals surface area (Å²) in [6.07, 6.45) is 11.0. The van der Waals surface area contributed by atoms with Gasteiger partial charge in [0.15, 0.2) is 5.78 Å². The number of hydrogen-bond donors (Lipinski definition) is 0. The van der Waals surface area contributed by atoms with Crippen LogP contribution in [0.5, 0.6) is 0 Å². The molecule has 1 amide bonds. The number of esters is 1. The van der Waals surface area contributed by atoms with Gasteiger partial charge in [-0.3, -0.25) is 14.4 Å². The normalized spacial score (nSPS) is 47.8. The highest BCUT2D eigenvalue weighted by Gasteiger charge is 2.70. The Morgan fingerprint density at radius 3 is 2.16 bits per heavy atom. The molecule has 5 fully saturated rings. The summed E-state index contributed by atoms with van der Waals surface area (Å²) in [4.78, 5) is 45.2. The Labute approximate surface area is 260 Å². The molecule has 4 saturated carbocycles. The zero-order valence-corrected chi connectivity index (χ0v) is 28.6. The molecule has 0 bridgehead atoms. The van der Waals surface area contributed by atoms with Crippen LogP contribution in [0.3, 0.4) is 0 Å². The number of fused-ring (bicyclic) bond motifs is 7. The largest absolute Gasteiger partial charge is 0.462 e. The topological polar surface area (TPSA) is 66.9 Å². The standard InChI is InChI=1S/C37H58N2O4/c1-24(40)43-29-11-12-35(6)28(32(29,2)3)10-13-37(8)30(35)27(41)22-25-26-23-34(5,31(42)39-20-18-38(9)19-21-39)15-14-33(26,4)16-17-36(25,37)7/h22,26,28-30H,10-21,23H2,1-9H3. The van der Waals surface area contributed by atoms with E-state index in [1.54, 1.807) is 0 Å². The third-order valence-corrected chi connectivity index (χ3v) is 15.1. The molecule has 0 radical (unpaired) electrons. The van der Waals surface area contributed by atoms with Crippen molar-refractivity contribution in [2.24, 2.45) is 50.2 Å². The Hall–Kier alpha value is -1.69. The maximum Gasteiger partial charge on any atom is 0.302 e. The minimum atomic E-state index is -0.372. The quantitative estimate of drug-likeness (QED) is 0.334. The number of carbonyl (C=O) groups excluding carboxylic acids is 3. The summed E-state index contributed by atoms with van der Waals surface area (Å²) >= 11 is 0. The van der Waals surface area contributed by atoms with Crippen LogP contribution < -0.4 is 0 Å². The molecule has 6 nitrogen and oxygen atoms in total. The lowest BCUT2D eigenvalue weighted by molar-refractivity contribution is -0.210. The van der Waals surface area contributed by atoms with Crippen LogP contribution in [0.25, 0.3) is 0 Å². The van der Waals surface area contributed by atoms with Crippen molar-refractivity contribution in [3.05, 3.63) is 11.6 Å². The molecule has 0 aromatic rings. The molecule has 43 heavy (non-hydrogen) atoms.